The van der Waals surface area contributed by atoms with Crippen molar-refractivity contribution >= 4 is 30.8 Å². The molecule has 1 saturated heterocycles. The van der Waals surface area contributed by atoms with Crippen molar-refractivity contribution in [2.24, 2.45) is 17.3 Å². The first kappa shape index (κ1) is 44.1. The molecule has 0 unspecified atom stereocenters. The van der Waals surface area contributed by atoms with Crippen LogP contribution in [-0.2, 0) is 59.7 Å². The molecule has 2 aliphatic heterocycles. The van der Waals surface area contributed by atoms with Crippen LogP contribution in [0, 0.1) is 17.3 Å². The average Bonchev–Trinajstić information content (AvgIpc) is 3.77. The van der Waals surface area contributed by atoms with Crippen molar-refractivity contribution in [3.63, 3.8) is 0 Å². The number of nitrogens with zero attached hydrogens (tertiary/aromatic N) is 3. The lowest BCUT2D eigenvalue weighted by atomic mass is 9.43. The summed E-state index contributed by atoms with van der Waals surface area (Å²) < 4.78 is 67.2. The number of hydrogen-bond donors (Lipinski definition) is 1. The van der Waals surface area contributed by atoms with Crippen LogP contribution < -0.4 is 15.8 Å². The summed E-state index contributed by atoms with van der Waals surface area (Å²) in [4.78, 5) is 62.8. The number of halogens is 3. The number of aromatic nitrogens is 2. The lowest BCUT2D eigenvalue weighted by molar-refractivity contribution is -0.199. The van der Waals surface area contributed by atoms with E-state index >= 15 is 0 Å². The first-order chi connectivity index (χ1) is 29.9. The summed E-state index contributed by atoms with van der Waals surface area (Å²) in [6, 6.07) is 21.1. The Hall–Kier alpha value is -5.48. The van der Waals surface area contributed by atoms with Crippen LogP contribution >= 0.6 is 0 Å². The fraction of sp³-hybridized carbons (Fsp3) is 0.468. The summed E-state index contributed by atoms with van der Waals surface area (Å²) in [7, 11) is -0.757. The van der Waals surface area contributed by atoms with Crippen LogP contribution in [0.3, 0.4) is 0 Å². The fourth-order valence-electron chi connectivity index (χ4n) is 10.2. The van der Waals surface area contributed by atoms with Gasteiger partial charge in [0.15, 0.2) is 0 Å². The van der Waals surface area contributed by atoms with Gasteiger partial charge in [0.05, 0.1) is 42.4 Å². The molecule has 63 heavy (non-hydrogen) atoms. The van der Waals surface area contributed by atoms with Gasteiger partial charge in [0, 0.05) is 5.41 Å². The molecule has 4 aromatic rings. The summed E-state index contributed by atoms with van der Waals surface area (Å²) in [5, 5.41) is 3.10. The largest absolute Gasteiger partial charge is 0.481 e. The minimum absolute atomic E-state index is 0.00665. The van der Waals surface area contributed by atoms with E-state index in [-0.39, 0.29) is 60.6 Å². The first-order valence-electron chi connectivity index (χ1n) is 21.5. The number of ether oxygens (including phenoxy) is 2. The van der Waals surface area contributed by atoms with E-state index in [0.29, 0.717) is 17.9 Å². The molecule has 332 valence electrons. The van der Waals surface area contributed by atoms with Gasteiger partial charge in [-0.2, -0.15) is 13.2 Å². The highest BCUT2D eigenvalue weighted by molar-refractivity contribution is 6.47. The third kappa shape index (κ3) is 8.51. The summed E-state index contributed by atoms with van der Waals surface area (Å²) in [6.45, 7) is 9.54. The number of alkyl halides is 3. The Balaban J connectivity index is 1.12. The van der Waals surface area contributed by atoms with Gasteiger partial charge in [0.25, 0.3) is 5.56 Å². The molecule has 7 atom stereocenters. The molecule has 3 aromatic carbocycles. The number of carbonyl (C=O) groups excluding carboxylic acids is 3. The van der Waals surface area contributed by atoms with Crippen LogP contribution in [0.2, 0.25) is 0 Å². The third-order valence-corrected chi connectivity index (χ3v) is 13.9. The number of nitrogens with one attached hydrogen (secondary N) is 1. The average molecular weight is 869 g/mol. The van der Waals surface area contributed by atoms with Crippen molar-refractivity contribution in [1.82, 2.24) is 14.9 Å². The number of benzene rings is 3. The summed E-state index contributed by atoms with van der Waals surface area (Å²) in [5.74, 6) is -0.840. The SMILES string of the molecule is CC[C@H](NC(=O)[C@@H]1C[C@@](C)(CC(=O)OCc2ccccc2)c2ncc(N(Cc3cccc(C(F)(F)F)c3)C(=O)OCc3ccccc3)c(=O)n21)B1O[C@@H]2C[C@@H]3C[C@@H](C3(C)C)[C@]2(C)O1. The quantitative estimate of drug-likeness (QED) is 0.104. The van der Waals surface area contributed by atoms with Gasteiger partial charge in [-0.3, -0.25) is 23.9 Å². The van der Waals surface area contributed by atoms with Gasteiger partial charge < -0.3 is 24.1 Å². The molecule has 3 saturated carbocycles. The number of hydrogen-bond acceptors (Lipinski definition) is 9. The second-order valence-corrected chi connectivity index (χ2v) is 18.4. The monoisotopic (exact) mass is 868 g/mol. The summed E-state index contributed by atoms with van der Waals surface area (Å²) in [6.07, 6.45) is -2.65. The van der Waals surface area contributed by atoms with E-state index in [1.165, 1.54) is 16.7 Å². The van der Waals surface area contributed by atoms with Gasteiger partial charge >= 0.3 is 25.4 Å². The number of carbonyl (C=O) groups is 3. The van der Waals surface area contributed by atoms with Crippen LogP contribution in [0.1, 0.15) is 101 Å². The molecule has 5 aliphatic rings. The number of rotatable bonds is 13. The molecule has 1 aromatic heterocycles. The summed E-state index contributed by atoms with van der Waals surface area (Å²) >= 11 is 0. The van der Waals surface area contributed by atoms with Crippen LogP contribution in [0.15, 0.2) is 95.9 Å². The normalized spacial score (nSPS) is 25.9. The maximum Gasteiger partial charge on any atom is 0.481 e. The predicted molar refractivity (Wildman–Crippen MR) is 227 cm³/mol. The second kappa shape index (κ2) is 16.9. The van der Waals surface area contributed by atoms with Crippen LogP contribution in [-0.4, -0.2) is 52.3 Å². The zero-order valence-corrected chi connectivity index (χ0v) is 36.0. The molecule has 0 spiro atoms. The molecule has 12 nitrogen and oxygen atoms in total. The predicted octanol–water partition coefficient (Wildman–Crippen LogP) is 8.10. The number of anilines is 1. The zero-order valence-electron chi connectivity index (χ0n) is 36.0. The van der Waals surface area contributed by atoms with Crippen molar-refractivity contribution in [3.8, 4) is 0 Å². The molecule has 4 fully saturated rings. The molecule has 3 heterocycles. The topological polar surface area (TPSA) is 138 Å². The molecular weight excluding hydrogens is 816 g/mol. The fourth-order valence-corrected chi connectivity index (χ4v) is 10.2. The number of amides is 2. The van der Waals surface area contributed by atoms with E-state index in [9.17, 15) is 32.3 Å². The van der Waals surface area contributed by atoms with Gasteiger partial charge in [0.1, 0.15) is 30.8 Å². The van der Waals surface area contributed by atoms with Crippen molar-refractivity contribution in [1.29, 1.82) is 0 Å². The Kier molecular flexibility index (Phi) is 11.8. The van der Waals surface area contributed by atoms with Crippen molar-refractivity contribution in [3.05, 3.63) is 130 Å². The Morgan fingerprint density at radius 3 is 2.22 bits per heavy atom. The smallest absolute Gasteiger partial charge is 0.461 e. The van der Waals surface area contributed by atoms with Crippen LogP contribution in [0.5, 0.6) is 0 Å². The molecule has 0 radical (unpaired) electrons. The van der Waals surface area contributed by atoms with Gasteiger partial charge in [-0.25, -0.2) is 9.78 Å². The van der Waals surface area contributed by atoms with Crippen molar-refractivity contribution in [2.45, 2.75) is 122 Å². The number of esters is 1. The third-order valence-electron chi connectivity index (χ3n) is 13.9. The number of fused-ring (bicyclic) bond motifs is 1. The van der Waals surface area contributed by atoms with E-state index < -0.39 is 71.9 Å². The lowest BCUT2D eigenvalue weighted by Crippen LogP contribution is -2.65. The molecule has 3 aliphatic carbocycles. The minimum atomic E-state index is -4.67. The zero-order chi connectivity index (χ0) is 44.9. The van der Waals surface area contributed by atoms with Gasteiger partial charge in [0.2, 0.25) is 5.91 Å². The van der Waals surface area contributed by atoms with Crippen molar-refractivity contribution in [2.75, 3.05) is 4.90 Å². The van der Waals surface area contributed by atoms with Gasteiger partial charge in [-0.15, -0.1) is 0 Å². The van der Waals surface area contributed by atoms with E-state index in [4.69, 9.17) is 18.8 Å². The van der Waals surface area contributed by atoms with Gasteiger partial charge in [-0.1, -0.05) is 100 Å². The van der Waals surface area contributed by atoms with E-state index in [2.05, 4.69) is 31.1 Å². The molecule has 16 heteroatoms. The minimum Gasteiger partial charge on any atom is -0.461 e. The van der Waals surface area contributed by atoms with Crippen LogP contribution in [0.4, 0.5) is 23.7 Å². The Bertz CT molecular complexity index is 2420. The highest BCUT2D eigenvalue weighted by atomic mass is 19.4. The van der Waals surface area contributed by atoms with Crippen molar-refractivity contribution < 1.29 is 46.3 Å². The molecule has 2 amide bonds. The Labute approximate surface area is 364 Å². The van der Waals surface area contributed by atoms with E-state index in [0.717, 1.165) is 41.6 Å². The standard InChI is InChI=1S/C47H52BF3N4O8/c1-6-38(48-62-37-22-33-21-36(44(33,2)3)46(37,5)63-48)53-40(57)34-23-45(4,24-39(56)60-27-29-14-9-7-10-15-29)42-52-25-35(41(58)55(34)42)54(43(59)61-28-30-16-11-8-12-17-30)26-31-18-13-19-32(20-31)47(49,50)51/h7-20,25,33-34,36-38H,6,21-24,26-28H2,1-5H3,(H,53,57)/t33-,34-,36-,37+,38-,45-,46-/m0/s1. The highest BCUT2D eigenvalue weighted by Crippen LogP contribution is 2.65. The maximum absolute atomic E-state index is 15.0. The first-order valence-corrected chi connectivity index (χ1v) is 21.5. The summed E-state index contributed by atoms with van der Waals surface area (Å²) in [5.41, 5.74) is -2.28. The Morgan fingerprint density at radius 1 is 0.937 bits per heavy atom. The van der Waals surface area contributed by atoms with Crippen LogP contribution in [0.25, 0.3) is 0 Å². The van der Waals surface area contributed by atoms with E-state index in [1.807, 2.05) is 37.3 Å². The maximum atomic E-state index is 15.0. The molecule has 2 bridgehead atoms. The highest BCUT2D eigenvalue weighted by Gasteiger charge is 2.68. The molecule has 9 rings (SSSR count). The molecular formula is C47H52BF3N4O8. The van der Waals surface area contributed by atoms with Gasteiger partial charge in [-0.05, 0) is 78.7 Å². The van der Waals surface area contributed by atoms with E-state index in [1.54, 1.807) is 37.3 Å². The molecule has 1 N–H and O–H groups in total. The second-order valence-electron chi connectivity index (χ2n) is 18.4. The lowest BCUT2D eigenvalue weighted by Gasteiger charge is -2.64. The Morgan fingerprint density at radius 2 is 1.59 bits per heavy atom.